The number of amides is 1. The number of ether oxygens (including phenoxy) is 2. The van der Waals surface area contributed by atoms with Gasteiger partial charge in [-0.15, -0.1) is 0 Å². The Morgan fingerprint density at radius 1 is 1.12 bits per heavy atom. The standard InChI is InChI=1S/C18H17F3N2O3/c1-12(13-4-3-5-14(10-13)18(19,20)21)22-23-17(24)11-26-16-8-6-15(25-2)7-9-16/h3-10H,11H2,1-2H3,(H,23,24)/b22-12+. The number of halogens is 3. The first-order chi connectivity index (χ1) is 12.3. The highest BCUT2D eigenvalue weighted by Crippen LogP contribution is 2.29. The highest BCUT2D eigenvalue weighted by Gasteiger charge is 2.30. The van der Waals surface area contributed by atoms with Gasteiger partial charge in [0.25, 0.3) is 5.91 Å². The highest BCUT2D eigenvalue weighted by atomic mass is 19.4. The Morgan fingerprint density at radius 2 is 1.77 bits per heavy atom. The van der Waals surface area contributed by atoms with E-state index in [1.165, 1.54) is 26.2 Å². The van der Waals surface area contributed by atoms with Crippen LogP contribution in [0.4, 0.5) is 13.2 Å². The van der Waals surface area contributed by atoms with Crippen LogP contribution in [0.3, 0.4) is 0 Å². The Balaban J connectivity index is 1.92. The molecule has 0 heterocycles. The molecule has 1 amide bonds. The third kappa shape index (κ3) is 5.51. The second-order valence-corrected chi connectivity index (χ2v) is 5.27. The fraction of sp³-hybridized carbons (Fsp3) is 0.222. The number of hydrogen-bond donors (Lipinski definition) is 1. The zero-order valence-corrected chi connectivity index (χ0v) is 14.1. The summed E-state index contributed by atoms with van der Waals surface area (Å²) in [5.74, 6) is 0.592. The van der Waals surface area contributed by atoms with Gasteiger partial charge in [0.2, 0.25) is 0 Å². The predicted octanol–water partition coefficient (Wildman–Crippen LogP) is 3.63. The molecule has 0 aliphatic carbocycles. The molecule has 8 heteroatoms. The van der Waals surface area contributed by atoms with Crippen molar-refractivity contribution in [1.29, 1.82) is 0 Å². The molecule has 0 aromatic heterocycles. The van der Waals surface area contributed by atoms with Crippen LogP contribution in [-0.2, 0) is 11.0 Å². The predicted molar refractivity (Wildman–Crippen MR) is 90.3 cm³/mol. The molecule has 0 atom stereocenters. The summed E-state index contributed by atoms with van der Waals surface area (Å²) in [5, 5.41) is 3.81. The SMILES string of the molecule is COc1ccc(OCC(=O)N/N=C(\C)c2cccc(C(F)(F)F)c2)cc1. The summed E-state index contributed by atoms with van der Waals surface area (Å²) in [5.41, 5.74) is 1.98. The average molecular weight is 366 g/mol. The van der Waals surface area contributed by atoms with Gasteiger partial charge in [0.1, 0.15) is 11.5 Å². The van der Waals surface area contributed by atoms with E-state index in [9.17, 15) is 18.0 Å². The van der Waals surface area contributed by atoms with E-state index in [-0.39, 0.29) is 17.9 Å². The largest absolute Gasteiger partial charge is 0.497 e. The quantitative estimate of drug-likeness (QED) is 0.627. The number of carbonyl (C=O) groups is 1. The molecule has 0 aliphatic heterocycles. The molecule has 26 heavy (non-hydrogen) atoms. The van der Waals surface area contributed by atoms with Crippen molar-refractivity contribution in [2.75, 3.05) is 13.7 Å². The van der Waals surface area contributed by atoms with Crippen molar-refractivity contribution in [2.24, 2.45) is 5.10 Å². The molecule has 0 saturated carbocycles. The molecular weight excluding hydrogens is 349 g/mol. The Labute approximate surface area is 148 Å². The minimum Gasteiger partial charge on any atom is -0.497 e. The van der Waals surface area contributed by atoms with E-state index in [0.29, 0.717) is 11.5 Å². The summed E-state index contributed by atoms with van der Waals surface area (Å²) in [6.07, 6.45) is -4.44. The maximum absolute atomic E-state index is 12.7. The Bertz CT molecular complexity index is 787. The number of nitrogens with one attached hydrogen (secondary N) is 1. The number of nitrogens with zero attached hydrogens (tertiary/aromatic N) is 1. The van der Waals surface area contributed by atoms with Crippen molar-refractivity contribution in [2.45, 2.75) is 13.1 Å². The normalized spacial score (nSPS) is 11.8. The minimum absolute atomic E-state index is 0.244. The van der Waals surface area contributed by atoms with Crippen molar-refractivity contribution < 1.29 is 27.4 Å². The molecule has 2 aromatic carbocycles. The van der Waals surface area contributed by atoms with Crippen LogP contribution in [0, 0.1) is 0 Å². The van der Waals surface area contributed by atoms with Gasteiger partial charge in [-0.3, -0.25) is 4.79 Å². The highest BCUT2D eigenvalue weighted by molar-refractivity contribution is 5.99. The summed E-state index contributed by atoms with van der Waals surface area (Å²) in [6, 6.07) is 11.4. The number of methoxy groups -OCH3 is 1. The van der Waals surface area contributed by atoms with E-state index in [0.717, 1.165) is 12.1 Å². The van der Waals surface area contributed by atoms with Gasteiger partial charge in [0, 0.05) is 0 Å². The van der Waals surface area contributed by atoms with E-state index in [4.69, 9.17) is 9.47 Å². The lowest BCUT2D eigenvalue weighted by Gasteiger charge is -2.09. The van der Waals surface area contributed by atoms with Crippen molar-refractivity contribution in [3.8, 4) is 11.5 Å². The molecule has 0 unspecified atom stereocenters. The lowest BCUT2D eigenvalue weighted by atomic mass is 10.1. The van der Waals surface area contributed by atoms with Crippen molar-refractivity contribution in [1.82, 2.24) is 5.43 Å². The molecule has 0 bridgehead atoms. The van der Waals surface area contributed by atoms with Gasteiger partial charge in [0.05, 0.1) is 18.4 Å². The number of carbonyl (C=O) groups excluding carboxylic acids is 1. The van der Waals surface area contributed by atoms with Crippen LogP contribution in [0.2, 0.25) is 0 Å². The topological polar surface area (TPSA) is 59.9 Å². The van der Waals surface area contributed by atoms with Crippen LogP contribution in [0.1, 0.15) is 18.1 Å². The molecule has 0 saturated heterocycles. The summed E-state index contributed by atoms with van der Waals surface area (Å²) in [7, 11) is 1.54. The number of alkyl halides is 3. The van der Waals surface area contributed by atoms with Gasteiger partial charge in [-0.1, -0.05) is 12.1 Å². The second-order valence-electron chi connectivity index (χ2n) is 5.27. The summed E-state index contributed by atoms with van der Waals surface area (Å²) in [4.78, 5) is 11.8. The van der Waals surface area contributed by atoms with Gasteiger partial charge in [-0.2, -0.15) is 18.3 Å². The van der Waals surface area contributed by atoms with Gasteiger partial charge >= 0.3 is 6.18 Å². The monoisotopic (exact) mass is 366 g/mol. The van der Waals surface area contributed by atoms with Gasteiger partial charge in [-0.05, 0) is 48.9 Å². The molecule has 1 N–H and O–H groups in total. The number of hydrazone groups is 1. The van der Waals surface area contributed by atoms with Crippen LogP contribution in [0.15, 0.2) is 53.6 Å². The summed E-state index contributed by atoms with van der Waals surface area (Å²) in [6.45, 7) is 1.21. The van der Waals surface area contributed by atoms with Crippen LogP contribution in [-0.4, -0.2) is 25.3 Å². The van der Waals surface area contributed by atoms with Crippen molar-refractivity contribution in [3.63, 3.8) is 0 Å². The smallest absolute Gasteiger partial charge is 0.416 e. The Kier molecular flexibility index (Phi) is 6.21. The van der Waals surface area contributed by atoms with E-state index in [1.54, 1.807) is 24.3 Å². The first-order valence-corrected chi connectivity index (χ1v) is 7.57. The number of benzene rings is 2. The lowest BCUT2D eigenvalue weighted by Crippen LogP contribution is -2.25. The maximum Gasteiger partial charge on any atom is 0.416 e. The Hall–Kier alpha value is -3.03. The molecule has 0 radical (unpaired) electrons. The third-order valence-electron chi connectivity index (χ3n) is 3.39. The fourth-order valence-corrected chi connectivity index (χ4v) is 1.98. The minimum atomic E-state index is -4.44. The van der Waals surface area contributed by atoms with E-state index in [2.05, 4.69) is 10.5 Å². The number of hydrogen-bond acceptors (Lipinski definition) is 4. The van der Waals surface area contributed by atoms with Gasteiger partial charge in [-0.25, -0.2) is 5.43 Å². The molecule has 0 fully saturated rings. The molecule has 5 nitrogen and oxygen atoms in total. The third-order valence-corrected chi connectivity index (χ3v) is 3.39. The number of rotatable bonds is 6. The average Bonchev–Trinajstić information content (AvgIpc) is 2.64. The lowest BCUT2D eigenvalue weighted by molar-refractivity contribution is -0.137. The molecule has 138 valence electrons. The van der Waals surface area contributed by atoms with Gasteiger partial charge in [0.15, 0.2) is 6.61 Å². The van der Waals surface area contributed by atoms with Crippen molar-refractivity contribution >= 4 is 11.6 Å². The molecule has 2 rings (SSSR count). The molecular formula is C18H17F3N2O3. The molecule has 2 aromatic rings. The van der Waals surface area contributed by atoms with E-state index < -0.39 is 17.6 Å². The molecule has 0 aliphatic rings. The van der Waals surface area contributed by atoms with Crippen LogP contribution < -0.4 is 14.9 Å². The van der Waals surface area contributed by atoms with Crippen LogP contribution in [0.5, 0.6) is 11.5 Å². The van der Waals surface area contributed by atoms with Crippen LogP contribution in [0.25, 0.3) is 0 Å². The maximum atomic E-state index is 12.7. The first kappa shape index (κ1) is 19.3. The second kappa shape index (κ2) is 8.37. The fourth-order valence-electron chi connectivity index (χ4n) is 1.98. The Morgan fingerprint density at radius 3 is 2.38 bits per heavy atom. The molecule has 0 spiro atoms. The summed E-state index contributed by atoms with van der Waals surface area (Å²) < 4.78 is 48.5. The van der Waals surface area contributed by atoms with Gasteiger partial charge < -0.3 is 9.47 Å². The zero-order chi connectivity index (χ0) is 19.2. The van der Waals surface area contributed by atoms with Crippen molar-refractivity contribution in [3.05, 3.63) is 59.7 Å². The first-order valence-electron chi connectivity index (χ1n) is 7.57. The van der Waals surface area contributed by atoms with E-state index >= 15 is 0 Å². The van der Waals surface area contributed by atoms with E-state index in [1.807, 2.05) is 0 Å². The summed E-state index contributed by atoms with van der Waals surface area (Å²) >= 11 is 0. The zero-order valence-electron chi connectivity index (χ0n) is 14.1. The van der Waals surface area contributed by atoms with Crippen LogP contribution >= 0.6 is 0 Å².